The zero-order valence-electron chi connectivity index (χ0n) is 16.9. The third-order valence-corrected chi connectivity index (χ3v) is 7.01. The highest BCUT2D eigenvalue weighted by Crippen LogP contribution is 2.37. The third-order valence-electron chi connectivity index (χ3n) is 4.50. The van der Waals surface area contributed by atoms with E-state index in [0.29, 0.717) is 32.3 Å². The van der Waals surface area contributed by atoms with Crippen molar-refractivity contribution in [3.05, 3.63) is 69.3 Å². The van der Waals surface area contributed by atoms with Crippen LogP contribution in [0.1, 0.15) is 22.3 Å². The number of hydrogen-bond acceptors (Lipinski definition) is 7. The van der Waals surface area contributed by atoms with Gasteiger partial charge in [0.05, 0.1) is 23.5 Å². The van der Waals surface area contributed by atoms with E-state index < -0.39 is 11.8 Å². The second-order valence-corrected chi connectivity index (χ2v) is 8.88. The Hall–Kier alpha value is -3.01. The average molecular weight is 491 g/mol. The Morgan fingerprint density at radius 2 is 2.00 bits per heavy atom. The van der Waals surface area contributed by atoms with Crippen molar-refractivity contribution in [3.63, 3.8) is 0 Å². The number of carbonyl (C=O) groups excluding carboxylic acids is 2. The number of hydrogen-bond donors (Lipinski definition) is 0. The summed E-state index contributed by atoms with van der Waals surface area (Å²) < 4.78 is 24.7. The molecule has 0 radical (unpaired) electrons. The second-order valence-electron chi connectivity index (χ2n) is 6.61. The van der Waals surface area contributed by atoms with E-state index in [1.807, 2.05) is 0 Å². The van der Waals surface area contributed by atoms with E-state index in [2.05, 4.69) is 4.98 Å². The normalized spacial score (nSPS) is 10.9. The molecule has 32 heavy (non-hydrogen) atoms. The van der Waals surface area contributed by atoms with Crippen LogP contribution < -0.4 is 9.64 Å². The largest absolute Gasteiger partial charge is 0.495 e. The number of halogens is 2. The van der Waals surface area contributed by atoms with Gasteiger partial charge in [-0.25, -0.2) is 14.2 Å². The average Bonchev–Trinajstić information content (AvgIpc) is 3.36. The summed E-state index contributed by atoms with van der Waals surface area (Å²) >= 11 is 8.58. The molecule has 0 saturated carbocycles. The molecule has 4 rings (SSSR count). The summed E-state index contributed by atoms with van der Waals surface area (Å²) in [5.41, 5.74) is 1.03. The molecular weight excluding hydrogens is 475 g/mol. The Balaban J connectivity index is 1.52. The fourth-order valence-electron chi connectivity index (χ4n) is 3.06. The quantitative estimate of drug-likeness (QED) is 0.301. The van der Waals surface area contributed by atoms with Gasteiger partial charge in [0.2, 0.25) is 5.91 Å². The summed E-state index contributed by atoms with van der Waals surface area (Å²) in [5, 5.41) is 2.95. The zero-order chi connectivity index (χ0) is 22.8. The second kappa shape index (κ2) is 9.23. The third kappa shape index (κ3) is 4.32. The van der Waals surface area contributed by atoms with Crippen LogP contribution in [0, 0.1) is 5.82 Å². The predicted octanol–water partition coefficient (Wildman–Crippen LogP) is 6.20. The lowest BCUT2D eigenvalue weighted by molar-refractivity contribution is -0.115. The summed E-state index contributed by atoms with van der Waals surface area (Å²) in [7, 11) is 1.53. The molecule has 0 aliphatic heterocycles. The molecule has 0 unspecified atom stereocenters. The van der Waals surface area contributed by atoms with Gasteiger partial charge in [-0.3, -0.25) is 9.69 Å². The number of methoxy groups -OCH3 is 1. The molecule has 2 aromatic carbocycles. The van der Waals surface area contributed by atoms with E-state index in [9.17, 15) is 14.0 Å². The van der Waals surface area contributed by atoms with Gasteiger partial charge in [0, 0.05) is 22.4 Å². The monoisotopic (exact) mass is 490 g/mol. The fraction of sp³-hybridized carbons (Fsp3) is 0.136. The maximum absolute atomic E-state index is 13.4. The molecule has 2 heterocycles. The first-order valence-electron chi connectivity index (χ1n) is 9.32. The molecule has 0 aliphatic rings. The Morgan fingerprint density at radius 1 is 1.22 bits per heavy atom. The number of aromatic nitrogens is 1. The molecule has 6 nitrogen and oxygen atoms in total. The molecule has 10 heteroatoms. The number of fused-ring (bicyclic) bond motifs is 1. The number of para-hydroxylation sites is 2. The van der Waals surface area contributed by atoms with E-state index in [1.54, 1.807) is 29.6 Å². The molecule has 4 aromatic rings. The number of anilines is 2. The summed E-state index contributed by atoms with van der Waals surface area (Å²) in [6.45, 7) is 1.33. The van der Waals surface area contributed by atoms with Crippen molar-refractivity contribution in [2.45, 2.75) is 13.5 Å². The zero-order valence-corrected chi connectivity index (χ0v) is 19.3. The molecule has 0 N–H and O–H groups in total. The van der Waals surface area contributed by atoms with Crippen molar-refractivity contribution in [2.75, 3.05) is 12.0 Å². The van der Waals surface area contributed by atoms with Crippen molar-refractivity contribution in [3.8, 4) is 5.75 Å². The minimum Gasteiger partial charge on any atom is -0.495 e. The number of thiazole rings is 1. The van der Waals surface area contributed by atoms with Crippen LogP contribution in [-0.2, 0) is 16.1 Å². The number of rotatable bonds is 6. The highest BCUT2D eigenvalue weighted by molar-refractivity contribution is 7.21. The number of amides is 1. The Bertz CT molecular complexity index is 1320. The fourth-order valence-corrected chi connectivity index (χ4v) is 5.35. The predicted molar refractivity (Wildman–Crippen MR) is 124 cm³/mol. The SMILES string of the molecule is COc1ccccc1N(C(C)=O)c1nc(COC(=O)c2sc3cc(F)ccc3c2Cl)cs1. The summed E-state index contributed by atoms with van der Waals surface area (Å²) in [5.74, 6) is -0.742. The molecule has 1 amide bonds. The molecule has 0 fully saturated rings. The van der Waals surface area contributed by atoms with Crippen LogP contribution >= 0.6 is 34.3 Å². The van der Waals surface area contributed by atoms with E-state index >= 15 is 0 Å². The van der Waals surface area contributed by atoms with Gasteiger partial charge in [-0.2, -0.15) is 0 Å². The first kappa shape index (κ1) is 22.2. The van der Waals surface area contributed by atoms with Gasteiger partial charge in [0.25, 0.3) is 0 Å². The lowest BCUT2D eigenvalue weighted by Gasteiger charge is -2.20. The Kier molecular flexibility index (Phi) is 6.40. The number of esters is 1. The topological polar surface area (TPSA) is 68.7 Å². The summed E-state index contributed by atoms with van der Waals surface area (Å²) in [6.07, 6.45) is 0. The van der Waals surface area contributed by atoms with Gasteiger partial charge >= 0.3 is 5.97 Å². The molecule has 0 saturated heterocycles. The maximum Gasteiger partial charge on any atom is 0.350 e. The molecule has 0 atom stereocenters. The lowest BCUT2D eigenvalue weighted by atomic mass is 10.2. The first-order valence-corrected chi connectivity index (χ1v) is 11.4. The Labute approximate surface area is 195 Å². The van der Waals surface area contributed by atoms with Crippen molar-refractivity contribution in [1.29, 1.82) is 0 Å². The van der Waals surface area contributed by atoms with Crippen LogP contribution in [0.5, 0.6) is 5.75 Å². The van der Waals surface area contributed by atoms with E-state index in [1.165, 1.54) is 48.5 Å². The summed E-state index contributed by atoms with van der Waals surface area (Å²) in [6, 6.07) is 11.3. The van der Waals surface area contributed by atoms with Crippen LogP contribution in [0.2, 0.25) is 5.02 Å². The first-order chi connectivity index (χ1) is 15.4. The molecule has 2 aromatic heterocycles. The van der Waals surface area contributed by atoms with E-state index in [0.717, 1.165) is 11.3 Å². The van der Waals surface area contributed by atoms with Crippen molar-refractivity contribution in [2.24, 2.45) is 0 Å². The van der Waals surface area contributed by atoms with Crippen molar-refractivity contribution in [1.82, 2.24) is 4.98 Å². The highest BCUT2D eigenvalue weighted by Gasteiger charge is 2.23. The molecule has 0 spiro atoms. The van der Waals surface area contributed by atoms with Crippen LogP contribution in [0.3, 0.4) is 0 Å². The standard InChI is InChI=1S/C22H16ClFN2O4S2/c1-12(27)26(16-5-3-4-6-17(16)29-2)22-25-14(11-31-22)10-30-21(28)20-19(23)15-8-7-13(24)9-18(15)32-20/h3-9,11H,10H2,1-2H3. The highest BCUT2D eigenvalue weighted by atomic mass is 35.5. The smallest absolute Gasteiger partial charge is 0.350 e. The van der Waals surface area contributed by atoms with Gasteiger partial charge in [-0.15, -0.1) is 22.7 Å². The number of benzene rings is 2. The van der Waals surface area contributed by atoms with Crippen LogP contribution in [-0.4, -0.2) is 24.0 Å². The van der Waals surface area contributed by atoms with E-state index in [-0.39, 0.29) is 22.4 Å². The van der Waals surface area contributed by atoms with Gasteiger partial charge < -0.3 is 9.47 Å². The van der Waals surface area contributed by atoms with Gasteiger partial charge in [-0.05, 0) is 30.3 Å². The summed E-state index contributed by atoms with van der Waals surface area (Å²) in [4.78, 5) is 31.0. The number of carbonyl (C=O) groups is 2. The minimum absolute atomic E-state index is 0.105. The van der Waals surface area contributed by atoms with Crippen LogP contribution in [0.4, 0.5) is 15.2 Å². The van der Waals surface area contributed by atoms with Crippen LogP contribution in [0.15, 0.2) is 47.8 Å². The molecule has 164 valence electrons. The van der Waals surface area contributed by atoms with Gasteiger partial charge in [0.1, 0.15) is 23.1 Å². The minimum atomic E-state index is -0.626. The molecule has 0 aliphatic carbocycles. The lowest BCUT2D eigenvalue weighted by Crippen LogP contribution is -2.23. The van der Waals surface area contributed by atoms with Crippen molar-refractivity contribution < 1.29 is 23.5 Å². The Morgan fingerprint density at radius 3 is 2.75 bits per heavy atom. The maximum atomic E-state index is 13.4. The van der Waals surface area contributed by atoms with Crippen LogP contribution in [0.25, 0.3) is 10.1 Å². The van der Waals surface area contributed by atoms with Gasteiger partial charge in [-0.1, -0.05) is 23.7 Å². The van der Waals surface area contributed by atoms with E-state index in [4.69, 9.17) is 21.1 Å². The number of thiophene rings is 1. The number of nitrogens with zero attached hydrogens (tertiary/aromatic N) is 2. The molecule has 0 bridgehead atoms. The number of ether oxygens (including phenoxy) is 2. The van der Waals surface area contributed by atoms with Gasteiger partial charge in [0.15, 0.2) is 5.13 Å². The molecular formula is C22H16ClFN2O4S2. The van der Waals surface area contributed by atoms with Crippen molar-refractivity contribution >= 4 is 67.1 Å².